The van der Waals surface area contributed by atoms with Gasteiger partial charge in [0.2, 0.25) is 0 Å². The van der Waals surface area contributed by atoms with E-state index in [0.29, 0.717) is 4.73 Å². The van der Waals surface area contributed by atoms with Gasteiger partial charge < -0.3 is 0 Å². The summed E-state index contributed by atoms with van der Waals surface area (Å²) in [5, 5.41) is 13.1. The first kappa shape index (κ1) is 20.5. The third-order valence-corrected chi connectivity index (χ3v) is 6.02. The lowest BCUT2D eigenvalue weighted by atomic mass is 10.2. The molecule has 3 aromatic rings. The van der Waals surface area contributed by atoms with Crippen molar-refractivity contribution in [3.05, 3.63) is 90.0 Å². The van der Waals surface area contributed by atoms with E-state index in [9.17, 15) is 23.3 Å². The Morgan fingerprint density at radius 2 is 1.83 bits per heavy atom. The fourth-order valence-corrected chi connectivity index (χ4v) is 4.07. The van der Waals surface area contributed by atoms with Crippen LogP contribution in [-0.2, 0) is 10.1 Å². The van der Waals surface area contributed by atoms with E-state index >= 15 is 0 Å². The molecule has 0 saturated carbocycles. The number of hydrogen-bond acceptors (Lipinski definition) is 7. The molecule has 0 aliphatic heterocycles. The molecular formula is C19H16N2O6S2. The van der Waals surface area contributed by atoms with E-state index in [1.807, 2.05) is 17.5 Å². The van der Waals surface area contributed by atoms with Crippen molar-refractivity contribution in [3.63, 3.8) is 0 Å². The molecule has 0 saturated heterocycles. The number of nitrogens with zero attached hydrogens (tertiary/aromatic N) is 2. The molecule has 8 nitrogen and oxygen atoms in total. The molecule has 0 atom stereocenters. The summed E-state index contributed by atoms with van der Waals surface area (Å²) in [6.07, 6.45) is 3.12. The van der Waals surface area contributed by atoms with Crippen molar-refractivity contribution in [2.45, 2.75) is 18.7 Å². The van der Waals surface area contributed by atoms with Crippen molar-refractivity contribution in [1.29, 1.82) is 0 Å². The summed E-state index contributed by atoms with van der Waals surface area (Å²) < 4.78 is 30.7. The van der Waals surface area contributed by atoms with Crippen molar-refractivity contribution in [2.24, 2.45) is 0 Å². The highest BCUT2D eigenvalue weighted by molar-refractivity contribution is 7.87. The molecule has 0 N–H and O–H groups in total. The first-order valence-electron chi connectivity index (χ1n) is 8.33. The SMILES string of the molecule is Cc1ccc(S(=O)(=O)On2c(/C=C/c3cccs3)cc(C)c([N+](=O)[O-])c2=O)cc1. The van der Waals surface area contributed by atoms with Crippen LogP contribution in [0.3, 0.4) is 0 Å². The lowest BCUT2D eigenvalue weighted by Gasteiger charge is -2.12. The highest BCUT2D eigenvalue weighted by atomic mass is 32.2. The van der Waals surface area contributed by atoms with E-state index in [1.54, 1.807) is 25.1 Å². The van der Waals surface area contributed by atoms with Gasteiger partial charge in [-0.3, -0.25) is 19.2 Å². The molecule has 0 amide bonds. The van der Waals surface area contributed by atoms with Gasteiger partial charge in [-0.15, -0.1) is 16.1 Å². The van der Waals surface area contributed by atoms with Crippen LogP contribution in [0.15, 0.2) is 57.5 Å². The highest BCUT2D eigenvalue weighted by Crippen LogP contribution is 2.19. The molecule has 0 radical (unpaired) electrons. The number of benzene rings is 1. The summed E-state index contributed by atoms with van der Waals surface area (Å²) in [6.45, 7) is 3.19. The summed E-state index contributed by atoms with van der Waals surface area (Å²) in [4.78, 5) is 23.8. The van der Waals surface area contributed by atoms with Gasteiger partial charge in [-0.25, -0.2) is 0 Å². The number of nitro groups is 1. The molecule has 10 heteroatoms. The molecule has 29 heavy (non-hydrogen) atoms. The van der Waals surface area contributed by atoms with Gasteiger partial charge in [0, 0.05) is 10.4 Å². The van der Waals surface area contributed by atoms with Gasteiger partial charge in [-0.05, 0) is 55.6 Å². The second-order valence-electron chi connectivity index (χ2n) is 6.15. The number of pyridine rings is 1. The van der Waals surface area contributed by atoms with Crippen molar-refractivity contribution >= 4 is 39.3 Å². The van der Waals surface area contributed by atoms with Crippen LogP contribution in [0.25, 0.3) is 12.2 Å². The van der Waals surface area contributed by atoms with E-state index in [0.717, 1.165) is 10.4 Å². The fraction of sp³-hybridized carbons (Fsp3) is 0.105. The van der Waals surface area contributed by atoms with E-state index in [-0.39, 0.29) is 16.2 Å². The summed E-state index contributed by atoms with van der Waals surface area (Å²) in [6, 6.07) is 10.8. The summed E-state index contributed by atoms with van der Waals surface area (Å²) in [7, 11) is -4.39. The van der Waals surface area contributed by atoms with Crippen LogP contribution in [0.4, 0.5) is 5.69 Å². The van der Waals surface area contributed by atoms with Crippen LogP contribution >= 0.6 is 11.3 Å². The Morgan fingerprint density at radius 3 is 2.41 bits per heavy atom. The number of aryl methyl sites for hydroxylation is 2. The Labute approximate surface area is 170 Å². The van der Waals surface area contributed by atoms with Crippen molar-refractivity contribution in [3.8, 4) is 0 Å². The van der Waals surface area contributed by atoms with E-state index in [1.165, 1.54) is 42.5 Å². The minimum atomic E-state index is -4.39. The Balaban J connectivity index is 2.14. The summed E-state index contributed by atoms with van der Waals surface area (Å²) in [5.41, 5.74) is -0.929. The second kappa shape index (κ2) is 8.02. The maximum Gasteiger partial charge on any atom is 0.363 e. The summed E-state index contributed by atoms with van der Waals surface area (Å²) >= 11 is 1.43. The normalized spacial score (nSPS) is 11.7. The van der Waals surface area contributed by atoms with Gasteiger partial charge in [-0.1, -0.05) is 23.8 Å². The zero-order valence-electron chi connectivity index (χ0n) is 15.4. The molecular weight excluding hydrogens is 416 g/mol. The monoisotopic (exact) mass is 432 g/mol. The molecule has 0 spiro atoms. The number of rotatable bonds is 6. The number of thiophene rings is 1. The van der Waals surface area contributed by atoms with Crippen LogP contribution in [0.2, 0.25) is 0 Å². The van der Waals surface area contributed by atoms with Crippen LogP contribution in [0, 0.1) is 24.0 Å². The molecule has 2 heterocycles. The van der Waals surface area contributed by atoms with Crippen LogP contribution in [0.1, 0.15) is 21.7 Å². The lowest BCUT2D eigenvalue weighted by Crippen LogP contribution is -2.34. The highest BCUT2D eigenvalue weighted by Gasteiger charge is 2.26. The largest absolute Gasteiger partial charge is 0.363 e. The molecule has 0 aliphatic carbocycles. The lowest BCUT2D eigenvalue weighted by molar-refractivity contribution is -0.387. The van der Waals surface area contributed by atoms with Gasteiger partial charge in [0.15, 0.2) is 0 Å². The zero-order chi connectivity index (χ0) is 21.2. The minimum absolute atomic E-state index is 0.0576. The summed E-state index contributed by atoms with van der Waals surface area (Å²) in [5.74, 6) is 0. The average Bonchev–Trinajstić information content (AvgIpc) is 3.16. The second-order valence-corrected chi connectivity index (χ2v) is 8.66. The Kier molecular flexibility index (Phi) is 5.66. The third-order valence-electron chi connectivity index (χ3n) is 3.99. The van der Waals surface area contributed by atoms with Gasteiger partial charge in [0.05, 0.1) is 10.6 Å². The van der Waals surface area contributed by atoms with Crippen LogP contribution in [-0.4, -0.2) is 18.1 Å². The van der Waals surface area contributed by atoms with Gasteiger partial charge >= 0.3 is 21.4 Å². The first-order chi connectivity index (χ1) is 13.7. The van der Waals surface area contributed by atoms with Gasteiger partial charge in [-0.2, -0.15) is 8.42 Å². The van der Waals surface area contributed by atoms with Crippen LogP contribution < -0.4 is 9.84 Å². The topological polar surface area (TPSA) is 109 Å². The van der Waals surface area contributed by atoms with Gasteiger partial charge in [0.1, 0.15) is 4.90 Å². The van der Waals surface area contributed by atoms with Crippen molar-refractivity contribution in [2.75, 3.05) is 0 Å². The molecule has 2 aromatic heterocycles. The molecule has 0 fully saturated rings. The first-order valence-corrected chi connectivity index (χ1v) is 10.6. The van der Waals surface area contributed by atoms with Gasteiger partial charge in [0.25, 0.3) is 0 Å². The van der Waals surface area contributed by atoms with E-state index in [2.05, 4.69) is 0 Å². The van der Waals surface area contributed by atoms with Crippen molar-refractivity contribution in [1.82, 2.24) is 4.73 Å². The third kappa shape index (κ3) is 4.44. The standard InChI is InChI=1S/C19H16N2O6S2/c1-13-5-9-17(10-6-13)29(25,26)27-20-15(7-8-16-4-3-11-28-16)12-14(2)18(19(20)22)21(23)24/h3-12H,1-2H3/b8-7+. The predicted octanol–water partition coefficient (Wildman–Crippen LogP) is 3.42. The molecule has 0 unspecified atom stereocenters. The Morgan fingerprint density at radius 1 is 1.14 bits per heavy atom. The zero-order valence-corrected chi connectivity index (χ0v) is 17.1. The van der Waals surface area contributed by atoms with Crippen molar-refractivity contribution < 1.29 is 17.6 Å². The Bertz CT molecular complexity index is 1240. The van der Waals surface area contributed by atoms with Crippen LogP contribution in [0.5, 0.6) is 0 Å². The predicted molar refractivity (Wildman–Crippen MR) is 110 cm³/mol. The molecule has 0 aliphatic rings. The molecule has 1 aromatic carbocycles. The minimum Gasteiger partial charge on any atom is -0.280 e. The molecule has 0 bridgehead atoms. The average molecular weight is 432 g/mol. The van der Waals surface area contributed by atoms with E-state index in [4.69, 9.17) is 4.28 Å². The maximum atomic E-state index is 12.7. The number of hydrogen-bond donors (Lipinski definition) is 0. The van der Waals surface area contributed by atoms with E-state index < -0.39 is 26.3 Å². The number of aromatic nitrogens is 1. The Hall–Kier alpha value is -3.24. The molecule has 150 valence electrons. The maximum absolute atomic E-state index is 12.7. The smallest absolute Gasteiger partial charge is 0.280 e. The molecule has 3 rings (SSSR count). The quantitative estimate of drug-likeness (QED) is 0.436. The fourth-order valence-electron chi connectivity index (χ4n) is 2.55.